The van der Waals surface area contributed by atoms with Crippen molar-refractivity contribution >= 4 is 45.3 Å². The van der Waals surface area contributed by atoms with E-state index in [1.54, 1.807) is 26.0 Å². The van der Waals surface area contributed by atoms with E-state index in [1.165, 1.54) is 12.5 Å². The first-order chi connectivity index (χ1) is 23.5. The van der Waals surface area contributed by atoms with Crippen molar-refractivity contribution in [2.75, 3.05) is 12.8 Å². The second kappa shape index (κ2) is 20.5. The summed E-state index contributed by atoms with van der Waals surface area (Å²) >= 11 is 0. The number of esters is 1. The number of H-pyrrole nitrogens is 1. The molecule has 0 radical (unpaired) electrons. The van der Waals surface area contributed by atoms with E-state index in [-0.39, 0.29) is 57.1 Å². The van der Waals surface area contributed by atoms with E-state index in [1.807, 2.05) is 18.2 Å². The number of nitrogens with two attached hydrogens (primary N) is 2. The molecule has 16 nitrogen and oxygen atoms in total. The third-order valence-electron chi connectivity index (χ3n) is 7.54. The summed E-state index contributed by atoms with van der Waals surface area (Å²) in [6, 6.07) is 6.76. The van der Waals surface area contributed by atoms with Gasteiger partial charge in [0.1, 0.15) is 6.61 Å². The van der Waals surface area contributed by atoms with Crippen LogP contribution < -0.4 is 22.1 Å². The zero-order chi connectivity index (χ0) is 37.3. The molecule has 2 rings (SSSR count). The number of imidazole rings is 1. The lowest BCUT2D eigenvalue weighted by atomic mass is 9.89. The highest BCUT2D eigenvalue weighted by atomic mass is 32.2. The van der Waals surface area contributed by atoms with Crippen LogP contribution in [0.15, 0.2) is 59.3 Å². The molecular formula is C33H47N7O9S. The molecule has 0 aliphatic rings. The molecule has 17 heteroatoms. The number of guanidine groups is 1. The number of aromatic nitrogens is 2. The van der Waals surface area contributed by atoms with Crippen molar-refractivity contribution < 1.29 is 42.2 Å². The molecule has 0 fully saturated rings. The Hall–Kier alpha value is -5.06. The maximum absolute atomic E-state index is 13.9. The van der Waals surface area contributed by atoms with Crippen molar-refractivity contribution in [1.82, 2.24) is 20.6 Å². The number of nitrogens with zero attached hydrogens (tertiary/aromatic N) is 2. The number of hydrogen-bond donors (Lipinski definition) is 6. The number of hydrogen-bond acceptors (Lipinski definition) is 10. The fraction of sp³-hybridized carbons (Fsp3) is 0.485. The van der Waals surface area contributed by atoms with Crippen molar-refractivity contribution in [3.05, 3.63) is 65.6 Å². The fourth-order valence-electron chi connectivity index (χ4n) is 4.90. The number of ether oxygens (including phenoxy) is 1. The van der Waals surface area contributed by atoms with Gasteiger partial charge >= 0.3 is 11.9 Å². The molecule has 2 amide bonds. The van der Waals surface area contributed by atoms with Crippen molar-refractivity contribution in [3.63, 3.8) is 0 Å². The van der Waals surface area contributed by atoms with Crippen LogP contribution in [0.1, 0.15) is 57.2 Å². The first kappa shape index (κ1) is 41.1. The Labute approximate surface area is 291 Å². The predicted octanol–water partition coefficient (Wildman–Crippen LogP) is 0.990. The van der Waals surface area contributed by atoms with E-state index in [0.29, 0.717) is 5.69 Å². The van der Waals surface area contributed by atoms with Gasteiger partial charge in [-0.15, -0.1) is 0 Å². The van der Waals surface area contributed by atoms with Gasteiger partial charge in [-0.25, -0.2) is 13.4 Å². The number of carbonyl (C=O) groups excluding carboxylic acids is 4. The Bertz CT molecular complexity index is 1590. The highest BCUT2D eigenvalue weighted by molar-refractivity contribution is 7.93. The Kier molecular flexibility index (Phi) is 16.8. The number of aliphatic imine (C=N–C) groups is 1. The largest absolute Gasteiger partial charge is 0.481 e. The number of amides is 2. The number of rotatable bonds is 22. The van der Waals surface area contributed by atoms with Gasteiger partial charge < -0.3 is 36.9 Å². The number of carboxylic acids is 1. The van der Waals surface area contributed by atoms with Gasteiger partial charge in [-0.05, 0) is 24.3 Å². The molecule has 4 atom stereocenters. The summed E-state index contributed by atoms with van der Waals surface area (Å²) in [5.41, 5.74) is 12.1. The maximum Gasteiger partial charge on any atom is 0.306 e. The number of carbonyl (C=O) groups is 5. The summed E-state index contributed by atoms with van der Waals surface area (Å²) < 4.78 is 28.7. The fourth-order valence-corrected chi connectivity index (χ4v) is 5.38. The van der Waals surface area contributed by atoms with Gasteiger partial charge in [-0.2, -0.15) is 0 Å². The lowest BCUT2D eigenvalue weighted by molar-refractivity contribution is -0.149. The SMILES string of the molecule is CC(C)[C@H](CC(=O)OCc1ccccc1)C(=O)N[C@@H](CCCN=C(N)N)C(=O)C[C@@H](Cc1cnc[nH]1)C(=O)N[C@H](/C=C/S(C)(=O)=O)CC(=O)O. The number of aliphatic carboxylic acids is 1. The molecule has 0 saturated heterocycles. The number of aromatic amines is 1. The third-order valence-corrected chi connectivity index (χ3v) is 8.19. The highest BCUT2D eigenvalue weighted by Gasteiger charge is 2.32. The van der Waals surface area contributed by atoms with Gasteiger partial charge in [0, 0.05) is 42.9 Å². The molecule has 0 unspecified atom stereocenters. The van der Waals surface area contributed by atoms with Gasteiger partial charge in [0.15, 0.2) is 21.6 Å². The van der Waals surface area contributed by atoms with Crippen LogP contribution in [0.4, 0.5) is 0 Å². The van der Waals surface area contributed by atoms with Crippen LogP contribution in [0.2, 0.25) is 0 Å². The summed E-state index contributed by atoms with van der Waals surface area (Å²) in [5, 5.41) is 15.4. The molecule has 0 spiro atoms. The average molecular weight is 718 g/mol. The van der Waals surface area contributed by atoms with Gasteiger partial charge in [-0.1, -0.05) is 50.3 Å². The second-order valence-corrected chi connectivity index (χ2v) is 14.2. The van der Waals surface area contributed by atoms with Gasteiger partial charge in [0.25, 0.3) is 0 Å². The molecule has 1 aromatic carbocycles. The van der Waals surface area contributed by atoms with E-state index in [2.05, 4.69) is 25.6 Å². The molecule has 0 aliphatic heterocycles. The predicted molar refractivity (Wildman–Crippen MR) is 185 cm³/mol. The van der Waals surface area contributed by atoms with E-state index in [9.17, 15) is 37.5 Å². The van der Waals surface area contributed by atoms with Crippen LogP contribution in [-0.2, 0) is 51.6 Å². The molecule has 50 heavy (non-hydrogen) atoms. The molecule has 0 aliphatic carbocycles. The zero-order valence-electron chi connectivity index (χ0n) is 28.4. The topological polar surface area (TPSA) is 266 Å². The Morgan fingerprint density at radius 3 is 2.32 bits per heavy atom. The summed E-state index contributed by atoms with van der Waals surface area (Å²) in [5.74, 6) is -6.03. The first-order valence-electron chi connectivity index (χ1n) is 16.0. The minimum atomic E-state index is -3.63. The Morgan fingerprint density at radius 1 is 1.04 bits per heavy atom. The Balaban J connectivity index is 2.28. The van der Waals surface area contributed by atoms with Crippen LogP contribution in [-0.4, -0.2) is 83.9 Å². The smallest absolute Gasteiger partial charge is 0.306 e. The number of ketones is 1. The van der Waals surface area contributed by atoms with Crippen molar-refractivity contribution in [2.45, 2.75) is 71.1 Å². The van der Waals surface area contributed by atoms with Crippen LogP contribution in [0.3, 0.4) is 0 Å². The molecule has 0 saturated carbocycles. The minimum absolute atomic E-state index is 0.0102. The van der Waals surface area contributed by atoms with E-state index >= 15 is 0 Å². The number of carboxylic acid groups (broad SMARTS) is 1. The number of nitrogens with one attached hydrogen (secondary N) is 3. The summed E-state index contributed by atoms with van der Waals surface area (Å²) in [4.78, 5) is 75.9. The summed E-state index contributed by atoms with van der Waals surface area (Å²) in [6.07, 6.45) is 3.96. The second-order valence-electron chi connectivity index (χ2n) is 12.2. The third kappa shape index (κ3) is 16.4. The quantitative estimate of drug-likeness (QED) is 0.0431. The lowest BCUT2D eigenvalue weighted by Crippen LogP contribution is -2.47. The molecular weight excluding hydrogens is 670 g/mol. The minimum Gasteiger partial charge on any atom is -0.481 e. The van der Waals surface area contributed by atoms with Crippen LogP contribution in [0, 0.1) is 17.8 Å². The van der Waals surface area contributed by atoms with E-state index in [4.69, 9.17) is 16.2 Å². The summed E-state index contributed by atoms with van der Waals surface area (Å²) in [7, 11) is -3.63. The van der Waals surface area contributed by atoms with Crippen LogP contribution in [0.25, 0.3) is 0 Å². The number of Topliss-reactive ketones (excluding diaryl/α,β-unsaturated/α-hetero) is 1. The van der Waals surface area contributed by atoms with Gasteiger partial charge in [0.05, 0.1) is 43.1 Å². The van der Waals surface area contributed by atoms with Crippen molar-refractivity contribution in [1.29, 1.82) is 0 Å². The molecule has 1 heterocycles. The first-order valence-corrected chi connectivity index (χ1v) is 17.9. The molecule has 8 N–H and O–H groups in total. The molecule has 0 bridgehead atoms. The van der Waals surface area contributed by atoms with E-state index in [0.717, 1.165) is 23.3 Å². The zero-order valence-corrected chi connectivity index (χ0v) is 29.2. The maximum atomic E-state index is 13.9. The molecule has 274 valence electrons. The van der Waals surface area contributed by atoms with Gasteiger partial charge in [0.2, 0.25) is 11.8 Å². The summed E-state index contributed by atoms with van der Waals surface area (Å²) in [6.45, 7) is 3.72. The number of sulfone groups is 1. The monoisotopic (exact) mass is 717 g/mol. The number of benzene rings is 1. The standard InChI is InChI=1S/C33H47N7O9S/c1-21(2)26(17-30(44)49-19-22-8-5-4-6-9-22)32(46)40-27(10-7-12-37-33(34)35)28(41)15-23(14-25-18-36-20-38-25)31(45)39-24(16-29(42)43)11-13-50(3,47)48/h4-6,8-9,11,13,18,20-21,23-24,26-27H,7,10,12,14-17,19H2,1-3H3,(H,36,38)(H,39,45)(H,40,46)(H,42,43)(H4,34,35,37)/b13-11+/t23-,24-,26+,27+/m1/s1. The van der Waals surface area contributed by atoms with Crippen LogP contribution in [0.5, 0.6) is 0 Å². The van der Waals surface area contributed by atoms with Gasteiger partial charge in [-0.3, -0.25) is 29.0 Å². The van der Waals surface area contributed by atoms with Crippen molar-refractivity contribution in [3.8, 4) is 0 Å². The highest BCUT2D eigenvalue weighted by Crippen LogP contribution is 2.20. The Morgan fingerprint density at radius 2 is 1.74 bits per heavy atom. The van der Waals surface area contributed by atoms with Crippen LogP contribution >= 0.6 is 0 Å². The normalized spacial score (nSPS) is 13.9. The molecule has 1 aromatic heterocycles. The average Bonchev–Trinajstić information content (AvgIpc) is 3.55. The van der Waals surface area contributed by atoms with Crippen molar-refractivity contribution in [2.24, 2.45) is 34.2 Å². The lowest BCUT2D eigenvalue weighted by Gasteiger charge is -2.25. The van der Waals surface area contributed by atoms with E-state index < -0.39 is 69.7 Å². The molecule has 2 aromatic rings.